The normalized spacial score (nSPS) is 17.9. The Morgan fingerprint density at radius 3 is 2.44 bits per heavy atom. The van der Waals surface area contributed by atoms with Gasteiger partial charge in [-0.3, -0.25) is 19.1 Å². The third-order valence-electron chi connectivity index (χ3n) is 6.38. The topological polar surface area (TPSA) is 87.5 Å². The fraction of sp³-hybridized carbons (Fsp3) is 0.308. The van der Waals surface area contributed by atoms with E-state index in [1.54, 1.807) is 20.5 Å². The van der Waals surface area contributed by atoms with Crippen LogP contribution in [0.25, 0.3) is 0 Å². The quantitative estimate of drug-likeness (QED) is 0.638. The molecule has 0 bridgehead atoms. The lowest BCUT2D eigenvalue weighted by Gasteiger charge is -2.23. The number of carbonyl (C=O) groups excluding carboxylic acids is 3. The van der Waals surface area contributed by atoms with E-state index in [2.05, 4.69) is 10.4 Å². The molecule has 8 nitrogen and oxygen atoms in total. The molecule has 0 aliphatic carbocycles. The van der Waals surface area contributed by atoms with Crippen molar-refractivity contribution in [3.05, 3.63) is 83.7 Å². The maximum atomic E-state index is 13.3. The van der Waals surface area contributed by atoms with E-state index in [1.165, 1.54) is 0 Å². The van der Waals surface area contributed by atoms with Gasteiger partial charge in [-0.15, -0.1) is 0 Å². The lowest BCUT2D eigenvalue weighted by molar-refractivity contribution is -0.119. The van der Waals surface area contributed by atoms with Crippen LogP contribution in [-0.2, 0) is 17.9 Å². The second-order valence-electron chi connectivity index (χ2n) is 8.72. The van der Waals surface area contributed by atoms with Gasteiger partial charge in [-0.2, -0.15) is 5.10 Å². The molecule has 2 aliphatic rings. The highest BCUT2D eigenvalue weighted by atomic mass is 16.2. The first-order chi connectivity index (χ1) is 16.6. The number of fused-ring (bicyclic) bond motifs is 1. The van der Waals surface area contributed by atoms with Crippen LogP contribution >= 0.6 is 0 Å². The summed E-state index contributed by atoms with van der Waals surface area (Å²) in [6.07, 6.45) is 2.10. The van der Waals surface area contributed by atoms with E-state index in [-0.39, 0.29) is 23.4 Å². The maximum Gasteiger partial charge on any atom is 0.275 e. The molecule has 5 rings (SSSR count). The summed E-state index contributed by atoms with van der Waals surface area (Å²) in [6.45, 7) is 2.20. The Kier molecular flexibility index (Phi) is 6.12. The molecule has 1 aromatic heterocycles. The van der Waals surface area contributed by atoms with E-state index in [0.717, 1.165) is 18.4 Å². The van der Waals surface area contributed by atoms with Crippen LogP contribution in [-0.4, -0.2) is 56.4 Å². The fourth-order valence-electron chi connectivity index (χ4n) is 4.67. The second-order valence-corrected chi connectivity index (χ2v) is 8.72. The lowest BCUT2D eigenvalue weighted by Crippen LogP contribution is -2.43. The summed E-state index contributed by atoms with van der Waals surface area (Å²) in [4.78, 5) is 42.8. The molecule has 1 fully saturated rings. The van der Waals surface area contributed by atoms with E-state index in [0.29, 0.717) is 44.0 Å². The number of likely N-dealkylation sites (tertiary alicyclic amines) is 1. The lowest BCUT2D eigenvalue weighted by atomic mass is 10.2. The van der Waals surface area contributed by atoms with Crippen molar-refractivity contribution < 1.29 is 14.4 Å². The van der Waals surface area contributed by atoms with E-state index < -0.39 is 6.04 Å². The Morgan fingerprint density at radius 2 is 1.68 bits per heavy atom. The van der Waals surface area contributed by atoms with Gasteiger partial charge in [0.25, 0.3) is 11.8 Å². The van der Waals surface area contributed by atoms with Gasteiger partial charge in [0, 0.05) is 37.9 Å². The number of hydrogen-bond donors (Lipinski definition) is 1. The summed E-state index contributed by atoms with van der Waals surface area (Å²) < 4.78 is 1.63. The van der Waals surface area contributed by atoms with Crippen LogP contribution in [0.15, 0.2) is 66.7 Å². The molecule has 1 N–H and O–H groups in total. The third-order valence-corrected chi connectivity index (χ3v) is 6.38. The van der Waals surface area contributed by atoms with E-state index in [4.69, 9.17) is 0 Å². The van der Waals surface area contributed by atoms with Gasteiger partial charge in [-0.05, 0) is 37.0 Å². The van der Waals surface area contributed by atoms with Crippen LogP contribution in [0.5, 0.6) is 0 Å². The first kappa shape index (κ1) is 21.9. The Bertz CT molecular complexity index is 1190. The number of aryl methyl sites for hydroxylation is 1. The molecule has 2 aliphatic heterocycles. The monoisotopic (exact) mass is 457 g/mol. The van der Waals surface area contributed by atoms with Crippen molar-refractivity contribution in [3.63, 3.8) is 0 Å². The first-order valence-electron chi connectivity index (χ1n) is 11.7. The van der Waals surface area contributed by atoms with Crippen molar-refractivity contribution in [1.29, 1.82) is 0 Å². The first-order valence-corrected chi connectivity index (χ1v) is 11.7. The molecular weight excluding hydrogens is 430 g/mol. The number of anilines is 1. The minimum absolute atomic E-state index is 0.132. The Hall–Kier alpha value is -3.94. The number of nitrogens with zero attached hydrogens (tertiary/aromatic N) is 4. The molecule has 2 aromatic carbocycles. The largest absolute Gasteiger partial charge is 0.333 e. The SMILES string of the molecule is O=C(Nc1ccccc1)C1CCCN1C(=O)c1cc2n(n1)CCCN(Cc1ccccc1)C2=O. The van der Waals surface area contributed by atoms with E-state index in [1.807, 2.05) is 60.7 Å². The van der Waals surface area contributed by atoms with Crippen molar-refractivity contribution in [2.45, 2.75) is 38.4 Å². The fourth-order valence-corrected chi connectivity index (χ4v) is 4.67. The van der Waals surface area contributed by atoms with E-state index in [9.17, 15) is 14.4 Å². The highest BCUT2D eigenvalue weighted by molar-refractivity contribution is 6.02. The minimum Gasteiger partial charge on any atom is -0.333 e. The Labute approximate surface area is 198 Å². The van der Waals surface area contributed by atoms with Gasteiger partial charge in [0.2, 0.25) is 5.91 Å². The van der Waals surface area contributed by atoms with Crippen LogP contribution in [0.4, 0.5) is 5.69 Å². The Balaban J connectivity index is 1.32. The van der Waals surface area contributed by atoms with Gasteiger partial charge in [0.15, 0.2) is 5.69 Å². The molecular formula is C26H27N5O3. The molecule has 34 heavy (non-hydrogen) atoms. The third kappa shape index (κ3) is 4.44. The molecule has 0 radical (unpaired) electrons. The van der Waals surface area contributed by atoms with Gasteiger partial charge in [-0.1, -0.05) is 48.5 Å². The zero-order valence-electron chi connectivity index (χ0n) is 18.9. The summed E-state index contributed by atoms with van der Waals surface area (Å²) >= 11 is 0. The molecule has 174 valence electrons. The number of nitrogens with one attached hydrogen (secondary N) is 1. The van der Waals surface area contributed by atoms with Gasteiger partial charge >= 0.3 is 0 Å². The summed E-state index contributed by atoms with van der Waals surface area (Å²) in [5, 5.41) is 7.37. The molecule has 3 amide bonds. The number of aromatic nitrogens is 2. The number of benzene rings is 2. The van der Waals surface area contributed by atoms with Crippen molar-refractivity contribution in [2.75, 3.05) is 18.4 Å². The Morgan fingerprint density at radius 1 is 0.941 bits per heavy atom. The highest BCUT2D eigenvalue weighted by Crippen LogP contribution is 2.23. The maximum absolute atomic E-state index is 13.3. The van der Waals surface area contributed by atoms with Crippen molar-refractivity contribution in [3.8, 4) is 0 Å². The number of rotatable bonds is 5. The standard InChI is InChI=1S/C26H27N5O3/c32-24(27-20-11-5-2-6-12-20)22-13-7-15-30(22)25(33)21-17-23-26(34)29(14-8-16-31(23)28-21)18-19-9-3-1-4-10-19/h1-6,9-12,17,22H,7-8,13-16,18H2,(H,27,32). The highest BCUT2D eigenvalue weighted by Gasteiger charge is 2.36. The summed E-state index contributed by atoms with van der Waals surface area (Å²) in [6, 6.07) is 20.1. The minimum atomic E-state index is -0.556. The van der Waals surface area contributed by atoms with E-state index >= 15 is 0 Å². The zero-order chi connectivity index (χ0) is 23.5. The van der Waals surface area contributed by atoms with Crippen molar-refractivity contribution in [2.24, 2.45) is 0 Å². The van der Waals surface area contributed by atoms with Crippen molar-refractivity contribution >= 4 is 23.4 Å². The van der Waals surface area contributed by atoms with Crippen LogP contribution in [0, 0.1) is 0 Å². The molecule has 0 spiro atoms. The van der Waals surface area contributed by atoms with Gasteiger partial charge in [0.1, 0.15) is 11.7 Å². The van der Waals surface area contributed by atoms with Gasteiger partial charge in [0.05, 0.1) is 0 Å². The molecule has 8 heteroatoms. The molecule has 1 unspecified atom stereocenters. The van der Waals surface area contributed by atoms with Crippen molar-refractivity contribution in [1.82, 2.24) is 19.6 Å². The van der Waals surface area contributed by atoms with Crippen LogP contribution in [0.2, 0.25) is 0 Å². The predicted molar refractivity (Wildman–Crippen MR) is 127 cm³/mol. The molecule has 1 atom stereocenters. The summed E-state index contributed by atoms with van der Waals surface area (Å²) in [5.74, 6) is -0.649. The molecule has 3 heterocycles. The number of carbonyl (C=O) groups is 3. The number of hydrogen-bond acceptors (Lipinski definition) is 4. The second kappa shape index (κ2) is 9.51. The van der Waals surface area contributed by atoms with Gasteiger partial charge < -0.3 is 15.1 Å². The molecule has 1 saturated heterocycles. The molecule has 0 saturated carbocycles. The zero-order valence-corrected chi connectivity index (χ0v) is 18.9. The predicted octanol–water partition coefficient (Wildman–Crippen LogP) is 3.17. The van der Waals surface area contributed by atoms with Crippen LogP contribution < -0.4 is 5.32 Å². The number of amides is 3. The summed E-state index contributed by atoms with van der Waals surface area (Å²) in [7, 11) is 0. The van der Waals surface area contributed by atoms with Crippen LogP contribution in [0.3, 0.4) is 0 Å². The molecule has 3 aromatic rings. The summed E-state index contributed by atoms with van der Waals surface area (Å²) in [5.41, 5.74) is 2.39. The van der Waals surface area contributed by atoms with Gasteiger partial charge in [-0.25, -0.2) is 0 Å². The average Bonchev–Trinajstić information content (AvgIpc) is 3.49. The van der Waals surface area contributed by atoms with Crippen LogP contribution in [0.1, 0.15) is 45.8 Å². The number of para-hydroxylation sites is 1. The smallest absolute Gasteiger partial charge is 0.275 e. The average molecular weight is 458 g/mol.